The Morgan fingerprint density at radius 3 is 1.23 bits per heavy atom. The Bertz CT molecular complexity index is 593. The minimum atomic E-state index is -1.21. The number of carbonyl (C=O) groups is 6. The van der Waals surface area contributed by atoms with Crippen molar-refractivity contribution < 1.29 is 38.4 Å². The molecule has 10 nitrogen and oxygen atoms in total. The smallest absolute Gasteiger partial charge is 0.325 e. The van der Waals surface area contributed by atoms with Gasteiger partial charge in [0.05, 0.1) is 0 Å². The molecule has 2 rings (SSSR count). The molecule has 0 saturated heterocycles. The standard InChI is InChI=1S/C12H6N2O8/c15-7-1-2-8(16)13(7)21-11(19)5-6-12(20)22-14-9(17)3-4-10(14)18/h1-6H/b6-5+. The molecule has 2 aliphatic heterocycles. The number of amides is 4. The number of hydroxylamine groups is 4. The molecule has 0 atom stereocenters. The van der Waals surface area contributed by atoms with Gasteiger partial charge in [0.2, 0.25) is 0 Å². The van der Waals surface area contributed by atoms with Crippen LogP contribution in [0.2, 0.25) is 0 Å². The van der Waals surface area contributed by atoms with Gasteiger partial charge < -0.3 is 9.68 Å². The van der Waals surface area contributed by atoms with Crippen LogP contribution in [0.15, 0.2) is 36.5 Å². The molecule has 0 radical (unpaired) electrons. The van der Waals surface area contributed by atoms with E-state index >= 15 is 0 Å². The molecule has 112 valence electrons. The van der Waals surface area contributed by atoms with Crippen LogP contribution in [0.4, 0.5) is 0 Å². The molecule has 0 bridgehead atoms. The third kappa shape index (κ3) is 3.12. The van der Waals surface area contributed by atoms with Crippen molar-refractivity contribution in [1.29, 1.82) is 0 Å². The lowest BCUT2D eigenvalue weighted by molar-refractivity contribution is -0.193. The molecule has 0 spiro atoms. The molecule has 10 heteroatoms. The van der Waals surface area contributed by atoms with E-state index in [-0.39, 0.29) is 10.1 Å². The number of carbonyl (C=O) groups excluding carboxylic acids is 6. The lowest BCUT2D eigenvalue weighted by Crippen LogP contribution is -2.33. The highest BCUT2D eigenvalue weighted by Gasteiger charge is 2.28. The third-order valence-corrected chi connectivity index (χ3v) is 2.26. The highest BCUT2D eigenvalue weighted by molar-refractivity contribution is 6.13. The summed E-state index contributed by atoms with van der Waals surface area (Å²) in [5.41, 5.74) is 0. The summed E-state index contributed by atoms with van der Waals surface area (Å²) in [5.74, 6) is -5.83. The quantitative estimate of drug-likeness (QED) is 0.444. The van der Waals surface area contributed by atoms with Gasteiger partial charge in [0.15, 0.2) is 0 Å². The van der Waals surface area contributed by atoms with Gasteiger partial charge in [-0.25, -0.2) is 9.59 Å². The fourth-order valence-electron chi connectivity index (χ4n) is 1.33. The summed E-state index contributed by atoms with van der Waals surface area (Å²) in [4.78, 5) is 75.8. The SMILES string of the molecule is O=C(/C=C/C(=O)ON1C(=O)C=CC1=O)ON1C(=O)C=CC1=O. The van der Waals surface area contributed by atoms with Crippen molar-refractivity contribution in [3.05, 3.63) is 36.5 Å². The van der Waals surface area contributed by atoms with Crippen LogP contribution >= 0.6 is 0 Å². The van der Waals surface area contributed by atoms with Gasteiger partial charge in [-0.3, -0.25) is 19.2 Å². The van der Waals surface area contributed by atoms with E-state index in [9.17, 15) is 28.8 Å². The van der Waals surface area contributed by atoms with Crippen LogP contribution in [-0.4, -0.2) is 45.7 Å². The number of hydrogen-bond acceptors (Lipinski definition) is 8. The number of nitrogens with zero attached hydrogens (tertiary/aromatic N) is 2. The van der Waals surface area contributed by atoms with Crippen LogP contribution in [0, 0.1) is 0 Å². The van der Waals surface area contributed by atoms with Gasteiger partial charge in [0.1, 0.15) is 0 Å². The second-order valence-electron chi connectivity index (χ2n) is 3.76. The number of hydrogen-bond donors (Lipinski definition) is 0. The van der Waals surface area contributed by atoms with E-state index < -0.39 is 35.6 Å². The van der Waals surface area contributed by atoms with Crippen LogP contribution in [-0.2, 0) is 38.4 Å². The minimum absolute atomic E-state index is 0.190. The fourth-order valence-corrected chi connectivity index (χ4v) is 1.33. The predicted octanol–water partition coefficient (Wildman–Crippen LogP) is -1.69. The van der Waals surface area contributed by atoms with Gasteiger partial charge in [-0.1, -0.05) is 10.1 Å². The van der Waals surface area contributed by atoms with Crippen LogP contribution in [0.5, 0.6) is 0 Å². The highest BCUT2D eigenvalue weighted by Crippen LogP contribution is 2.06. The first-order valence-corrected chi connectivity index (χ1v) is 5.62. The average molecular weight is 306 g/mol. The number of imide groups is 2. The molecule has 0 saturated carbocycles. The molecule has 4 amide bonds. The summed E-state index contributed by atoms with van der Waals surface area (Å²) in [6, 6.07) is 0. The predicted molar refractivity (Wildman–Crippen MR) is 63.3 cm³/mol. The second kappa shape index (κ2) is 5.83. The second-order valence-corrected chi connectivity index (χ2v) is 3.76. The summed E-state index contributed by atoms with van der Waals surface area (Å²) < 4.78 is 0. The van der Waals surface area contributed by atoms with Crippen molar-refractivity contribution >= 4 is 35.6 Å². The van der Waals surface area contributed by atoms with Crippen molar-refractivity contribution in [3.63, 3.8) is 0 Å². The molecule has 2 heterocycles. The van der Waals surface area contributed by atoms with Crippen LogP contribution in [0.1, 0.15) is 0 Å². The van der Waals surface area contributed by atoms with E-state index in [1.807, 2.05) is 0 Å². The molecular formula is C12H6N2O8. The summed E-state index contributed by atoms with van der Waals surface area (Å²) in [7, 11) is 0. The van der Waals surface area contributed by atoms with Crippen LogP contribution in [0.25, 0.3) is 0 Å². The van der Waals surface area contributed by atoms with Crippen molar-refractivity contribution in [3.8, 4) is 0 Å². The van der Waals surface area contributed by atoms with Gasteiger partial charge in [-0.15, -0.1) is 0 Å². The van der Waals surface area contributed by atoms with E-state index in [2.05, 4.69) is 9.68 Å². The molecule has 0 fully saturated rings. The van der Waals surface area contributed by atoms with Crippen molar-refractivity contribution in [2.24, 2.45) is 0 Å². The molecule has 2 aliphatic rings. The molecule has 0 aromatic rings. The maximum absolute atomic E-state index is 11.3. The molecule has 22 heavy (non-hydrogen) atoms. The summed E-state index contributed by atoms with van der Waals surface area (Å²) >= 11 is 0. The van der Waals surface area contributed by atoms with Gasteiger partial charge >= 0.3 is 11.9 Å². The van der Waals surface area contributed by atoms with Crippen LogP contribution < -0.4 is 0 Å². The Kier molecular flexibility index (Phi) is 3.93. The monoisotopic (exact) mass is 306 g/mol. The molecule has 0 aliphatic carbocycles. The zero-order chi connectivity index (χ0) is 16.3. The van der Waals surface area contributed by atoms with Gasteiger partial charge in [-0.05, 0) is 0 Å². The Hall–Kier alpha value is -3.56. The normalized spacial score (nSPS) is 17.1. The van der Waals surface area contributed by atoms with E-state index in [1.54, 1.807) is 0 Å². The largest absolute Gasteiger partial charge is 0.357 e. The average Bonchev–Trinajstić information content (AvgIpc) is 2.95. The summed E-state index contributed by atoms with van der Waals surface area (Å²) in [6.45, 7) is 0. The highest BCUT2D eigenvalue weighted by atomic mass is 16.7. The molecule has 0 aromatic heterocycles. The van der Waals surface area contributed by atoms with E-state index in [1.165, 1.54) is 0 Å². The molecule has 0 aromatic carbocycles. The Morgan fingerprint density at radius 1 is 0.682 bits per heavy atom. The first-order valence-electron chi connectivity index (χ1n) is 5.62. The summed E-state index contributed by atoms with van der Waals surface area (Å²) in [5, 5.41) is 0.380. The van der Waals surface area contributed by atoms with E-state index in [0.29, 0.717) is 12.2 Å². The zero-order valence-corrected chi connectivity index (χ0v) is 10.6. The topological polar surface area (TPSA) is 127 Å². The van der Waals surface area contributed by atoms with Gasteiger partial charge in [0.25, 0.3) is 23.6 Å². The first kappa shape index (κ1) is 14.8. The lowest BCUT2D eigenvalue weighted by atomic mass is 10.5. The third-order valence-electron chi connectivity index (χ3n) is 2.26. The molecular weight excluding hydrogens is 300 g/mol. The van der Waals surface area contributed by atoms with Crippen molar-refractivity contribution in [2.45, 2.75) is 0 Å². The zero-order valence-electron chi connectivity index (χ0n) is 10.6. The Labute approximate surface area is 121 Å². The van der Waals surface area contributed by atoms with Gasteiger partial charge in [-0.2, -0.15) is 0 Å². The van der Waals surface area contributed by atoms with Gasteiger partial charge in [0, 0.05) is 36.5 Å². The minimum Gasteiger partial charge on any atom is -0.325 e. The fraction of sp³-hybridized carbons (Fsp3) is 0. The van der Waals surface area contributed by atoms with Crippen molar-refractivity contribution in [2.75, 3.05) is 0 Å². The van der Waals surface area contributed by atoms with Crippen LogP contribution in [0.3, 0.4) is 0 Å². The first-order chi connectivity index (χ1) is 10.4. The molecule has 0 unspecified atom stereocenters. The maximum Gasteiger partial charge on any atom is 0.357 e. The lowest BCUT2D eigenvalue weighted by Gasteiger charge is -2.11. The molecule has 0 N–H and O–H groups in total. The summed E-state index contributed by atoms with van der Waals surface area (Å²) in [6.07, 6.45) is 4.69. The number of rotatable bonds is 4. The van der Waals surface area contributed by atoms with E-state index in [4.69, 9.17) is 0 Å². The Morgan fingerprint density at radius 2 is 0.955 bits per heavy atom. The van der Waals surface area contributed by atoms with E-state index in [0.717, 1.165) is 24.3 Å². The van der Waals surface area contributed by atoms with Crippen molar-refractivity contribution in [1.82, 2.24) is 10.1 Å². The Balaban J connectivity index is 1.86. The maximum atomic E-state index is 11.3.